The van der Waals surface area contributed by atoms with E-state index in [1.54, 1.807) is 0 Å². The van der Waals surface area contributed by atoms with Gasteiger partial charge >= 0.3 is 0 Å². The summed E-state index contributed by atoms with van der Waals surface area (Å²) in [4.78, 5) is 0. The molecule has 1 aromatic rings. The van der Waals surface area contributed by atoms with Gasteiger partial charge in [0.15, 0.2) is 0 Å². The summed E-state index contributed by atoms with van der Waals surface area (Å²) < 4.78 is 6.03. The molecule has 1 spiro atoms. The molecule has 2 fully saturated rings. The van der Waals surface area contributed by atoms with Crippen molar-refractivity contribution in [3.63, 3.8) is 0 Å². The van der Waals surface area contributed by atoms with E-state index in [0.29, 0.717) is 6.04 Å². The second-order valence-electron chi connectivity index (χ2n) is 5.03. The Balaban J connectivity index is 1.64. The van der Waals surface area contributed by atoms with Crippen LogP contribution in [-0.2, 0) is 4.74 Å². The Bertz CT molecular complexity index is 362. The maximum atomic E-state index is 6.03. The highest BCUT2D eigenvalue weighted by Gasteiger charge is 2.40. The Hall–Kier alpha value is -0.670. The highest BCUT2D eigenvalue weighted by atomic mass is 32.2. The summed E-state index contributed by atoms with van der Waals surface area (Å²) in [6.45, 7) is 0.908. The molecule has 17 heavy (non-hydrogen) atoms. The van der Waals surface area contributed by atoms with Crippen molar-refractivity contribution in [2.75, 3.05) is 23.4 Å². The molecule has 2 aliphatic heterocycles. The molecule has 0 aliphatic carbocycles. The number of para-hydroxylation sites is 1. The van der Waals surface area contributed by atoms with Crippen molar-refractivity contribution in [1.82, 2.24) is 0 Å². The van der Waals surface area contributed by atoms with Gasteiger partial charge in [-0.15, -0.1) is 0 Å². The van der Waals surface area contributed by atoms with E-state index >= 15 is 0 Å². The summed E-state index contributed by atoms with van der Waals surface area (Å²) in [6, 6.07) is 11.1. The van der Waals surface area contributed by atoms with E-state index in [-0.39, 0.29) is 5.60 Å². The van der Waals surface area contributed by atoms with Gasteiger partial charge in [-0.05, 0) is 37.1 Å². The molecule has 1 N–H and O–H groups in total. The zero-order chi connectivity index (χ0) is 11.6. The Morgan fingerprint density at radius 2 is 2.18 bits per heavy atom. The summed E-state index contributed by atoms with van der Waals surface area (Å²) in [7, 11) is 0. The zero-order valence-corrected chi connectivity index (χ0v) is 10.8. The molecular formula is C14H19NOS. The molecule has 0 bridgehead atoms. The molecule has 2 aliphatic rings. The van der Waals surface area contributed by atoms with Crippen molar-refractivity contribution in [1.29, 1.82) is 0 Å². The Morgan fingerprint density at radius 1 is 1.29 bits per heavy atom. The van der Waals surface area contributed by atoms with Gasteiger partial charge in [-0.25, -0.2) is 0 Å². The third kappa shape index (κ3) is 2.61. The number of thioether (sulfide) groups is 1. The average Bonchev–Trinajstić information content (AvgIpc) is 2.79. The van der Waals surface area contributed by atoms with Gasteiger partial charge in [-0.3, -0.25) is 0 Å². The van der Waals surface area contributed by atoms with E-state index in [4.69, 9.17) is 4.74 Å². The SMILES string of the molecule is c1ccc(NC2CCOC3(CCSC3)C2)cc1. The van der Waals surface area contributed by atoms with E-state index in [0.717, 1.165) is 19.4 Å². The lowest BCUT2D eigenvalue weighted by molar-refractivity contribution is -0.0628. The van der Waals surface area contributed by atoms with Crippen molar-refractivity contribution >= 4 is 17.4 Å². The van der Waals surface area contributed by atoms with Gasteiger partial charge < -0.3 is 10.1 Å². The summed E-state index contributed by atoms with van der Waals surface area (Å²) in [5.41, 5.74) is 1.41. The lowest BCUT2D eigenvalue weighted by Crippen LogP contribution is -2.44. The first kappa shape index (κ1) is 11.4. The molecule has 2 unspecified atom stereocenters. The maximum absolute atomic E-state index is 6.03. The second-order valence-corrected chi connectivity index (χ2v) is 6.14. The van der Waals surface area contributed by atoms with Crippen LogP contribution in [0.5, 0.6) is 0 Å². The molecule has 3 rings (SSSR count). The van der Waals surface area contributed by atoms with Crippen molar-refractivity contribution < 1.29 is 4.74 Å². The molecule has 2 atom stereocenters. The van der Waals surface area contributed by atoms with Crippen LogP contribution in [0.1, 0.15) is 19.3 Å². The molecule has 0 aromatic heterocycles. The molecule has 2 heterocycles. The molecule has 0 radical (unpaired) electrons. The molecular weight excluding hydrogens is 230 g/mol. The van der Waals surface area contributed by atoms with E-state index in [1.807, 2.05) is 11.8 Å². The summed E-state index contributed by atoms with van der Waals surface area (Å²) in [5, 5.41) is 3.64. The van der Waals surface area contributed by atoms with E-state index in [9.17, 15) is 0 Å². The number of benzene rings is 1. The Labute approximate surface area is 107 Å². The molecule has 92 valence electrons. The fourth-order valence-corrected chi connectivity index (χ4v) is 4.16. The van der Waals surface area contributed by atoms with Crippen LogP contribution in [-0.4, -0.2) is 29.8 Å². The lowest BCUT2D eigenvalue weighted by atomic mass is 9.90. The third-order valence-electron chi connectivity index (χ3n) is 3.70. The quantitative estimate of drug-likeness (QED) is 0.870. The minimum Gasteiger partial charge on any atom is -0.382 e. The van der Waals surface area contributed by atoms with Crippen molar-refractivity contribution in [3.05, 3.63) is 30.3 Å². The minimum absolute atomic E-state index is 0.176. The standard InChI is InChI=1S/C14H19NOS/c1-2-4-12(5-3-1)15-13-6-8-16-14(10-13)7-9-17-11-14/h1-5,13,15H,6-11H2. The Kier molecular flexibility index (Phi) is 3.30. The first-order chi connectivity index (χ1) is 8.36. The van der Waals surface area contributed by atoms with Gasteiger partial charge in [0, 0.05) is 24.1 Å². The average molecular weight is 249 g/mol. The molecule has 1 aromatic carbocycles. The molecule has 0 saturated carbocycles. The van der Waals surface area contributed by atoms with Crippen molar-refractivity contribution in [3.8, 4) is 0 Å². The fraction of sp³-hybridized carbons (Fsp3) is 0.571. The minimum atomic E-state index is 0.176. The van der Waals surface area contributed by atoms with Crippen LogP contribution in [0.15, 0.2) is 30.3 Å². The summed E-state index contributed by atoms with van der Waals surface area (Å²) in [6.07, 6.45) is 3.51. The van der Waals surface area contributed by atoms with Crippen LogP contribution in [0.2, 0.25) is 0 Å². The number of rotatable bonds is 2. The fourth-order valence-electron chi connectivity index (χ4n) is 2.78. The zero-order valence-electron chi connectivity index (χ0n) is 10.0. The van der Waals surface area contributed by atoms with Crippen molar-refractivity contribution in [2.24, 2.45) is 0 Å². The second kappa shape index (κ2) is 4.91. The van der Waals surface area contributed by atoms with Gasteiger partial charge in [0.05, 0.1) is 5.60 Å². The predicted molar refractivity (Wildman–Crippen MR) is 73.7 cm³/mol. The van der Waals surface area contributed by atoms with Crippen LogP contribution >= 0.6 is 11.8 Å². The van der Waals surface area contributed by atoms with Crippen LogP contribution in [0.3, 0.4) is 0 Å². The van der Waals surface area contributed by atoms with E-state index in [2.05, 4.69) is 35.6 Å². The van der Waals surface area contributed by atoms with E-state index in [1.165, 1.54) is 23.6 Å². The van der Waals surface area contributed by atoms with Gasteiger partial charge in [0.1, 0.15) is 0 Å². The third-order valence-corrected chi connectivity index (χ3v) is 4.93. The van der Waals surface area contributed by atoms with Gasteiger partial charge in [0.2, 0.25) is 0 Å². The number of ether oxygens (including phenoxy) is 1. The summed E-state index contributed by atoms with van der Waals surface area (Å²) in [5.74, 6) is 2.44. The normalized spacial score (nSPS) is 32.8. The topological polar surface area (TPSA) is 21.3 Å². The summed E-state index contributed by atoms with van der Waals surface area (Å²) >= 11 is 2.04. The molecule has 3 heteroatoms. The smallest absolute Gasteiger partial charge is 0.0799 e. The predicted octanol–water partition coefficient (Wildman–Crippen LogP) is 3.15. The lowest BCUT2D eigenvalue weighted by Gasteiger charge is -2.38. The van der Waals surface area contributed by atoms with E-state index < -0.39 is 0 Å². The number of hydrogen-bond donors (Lipinski definition) is 1. The van der Waals surface area contributed by atoms with Crippen LogP contribution < -0.4 is 5.32 Å². The first-order valence-electron chi connectivity index (χ1n) is 6.40. The number of hydrogen-bond acceptors (Lipinski definition) is 3. The van der Waals surface area contributed by atoms with Gasteiger partial charge in [-0.1, -0.05) is 18.2 Å². The maximum Gasteiger partial charge on any atom is 0.0799 e. The largest absolute Gasteiger partial charge is 0.382 e. The highest BCUT2D eigenvalue weighted by Crippen LogP contribution is 2.38. The monoisotopic (exact) mass is 249 g/mol. The van der Waals surface area contributed by atoms with Crippen LogP contribution in [0, 0.1) is 0 Å². The van der Waals surface area contributed by atoms with Crippen LogP contribution in [0.4, 0.5) is 5.69 Å². The van der Waals surface area contributed by atoms with Gasteiger partial charge in [-0.2, -0.15) is 11.8 Å². The number of anilines is 1. The number of nitrogens with one attached hydrogen (secondary N) is 1. The van der Waals surface area contributed by atoms with Gasteiger partial charge in [0.25, 0.3) is 0 Å². The van der Waals surface area contributed by atoms with Crippen molar-refractivity contribution in [2.45, 2.75) is 30.9 Å². The molecule has 0 amide bonds. The van der Waals surface area contributed by atoms with Crippen LogP contribution in [0.25, 0.3) is 0 Å². The highest BCUT2D eigenvalue weighted by molar-refractivity contribution is 7.99. The molecule has 2 nitrogen and oxygen atoms in total. The first-order valence-corrected chi connectivity index (χ1v) is 7.55. The molecule has 2 saturated heterocycles. The Morgan fingerprint density at radius 3 is 2.94 bits per heavy atom.